The first-order valence-electron chi connectivity index (χ1n) is 10.9. The number of hydrogen-bond donors (Lipinski definition) is 1. The minimum atomic E-state index is -4.12. The summed E-state index contributed by atoms with van der Waals surface area (Å²) in [5.41, 5.74) is 0.716. The van der Waals surface area contributed by atoms with Crippen molar-refractivity contribution in [3.63, 3.8) is 0 Å². The van der Waals surface area contributed by atoms with Gasteiger partial charge in [-0.15, -0.1) is 0 Å². The molecule has 2 aromatic rings. The fraction of sp³-hybridized carbons (Fsp3) is 0.391. The molecular formula is C23H29Cl2FN4O4S. The lowest BCUT2D eigenvalue weighted by molar-refractivity contribution is -0.140. The quantitative estimate of drug-likeness (QED) is 0.465. The monoisotopic (exact) mass is 546 g/mol. The van der Waals surface area contributed by atoms with Crippen molar-refractivity contribution in [1.82, 2.24) is 14.5 Å². The molecule has 0 radical (unpaired) electrons. The van der Waals surface area contributed by atoms with Gasteiger partial charge in [0.05, 0.1) is 15.7 Å². The molecule has 0 bridgehead atoms. The molecule has 192 valence electrons. The Morgan fingerprint density at radius 3 is 2.17 bits per heavy atom. The normalized spacial score (nSPS) is 12.3. The van der Waals surface area contributed by atoms with Gasteiger partial charge in [0.25, 0.3) is 0 Å². The second kappa shape index (κ2) is 12.5. The van der Waals surface area contributed by atoms with Crippen LogP contribution in [-0.4, -0.2) is 62.7 Å². The summed E-state index contributed by atoms with van der Waals surface area (Å²) in [7, 11) is -1.47. The van der Waals surface area contributed by atoms with Gasteiger partial charge < -0.3 is 10.2 Å². The molecule has 2 amide bonds. The maximum Gasteiger partial charge on any atom is 0.304 e. The van der Waals surface area contributed by atoms with Crippen LogP contribution in [0.1, 0.15) is 25.8 Å². The predicted molar refractivity (Wildman–Crippen MR) is 136 cm³/mol. The van der Waals surface area contributed by atoms with Crippen molar-refractivity contribution in [2.75, 3.05) is 31.5 Å². The van der Waals surface area contributed by atoms with E-state index in [4.69, 9.17) is 23.2 Å². The fourth-order valence-electron chi connectivity index (χ4n) is 3.37. The Morgan fingerprint density at radius 1 is 1.03 bits per heavy atom. The summed E-state index contributed by atoms with van der Waals surface area (Å²) in [6, 6.07) is 8.73. The second-order valence-corrected chi connectivity index (χ2v) is 10.7. The van der Waals surface area contributed by atoms with E-state index in [0.717, 1.165) is 20.7 Å². The highest BCUT2D eigenvalue weighted by Crippen LogP contribution is 2.25. The summed E-state index contributed by atoms with van der Waals surface area (Å²) in [5.74, 6) is -1.54. The zero-order valence-corrected chi connectivity index (χ0v) is 22.3. The first kappa shape index (κ1) is 28.8. The van der Waals surface area contributed by atoms with Crippen molar-refractivity contribution in [3.05, 3.63) is 63.9 Å². The zero-order valence-electron chi connectivity index (χ0n) is 20.0. The third-order valence-electron chi connectivity index (χ3n) is 5.21. The first-order valence-corrected chi connectivity index (χ1v) is 13.0. The summed E-state index contributed by atoms with van der Waals surface area (Å²) in [4.78, 5) is 27.7. The zero-order chi connectivity index (χ0) is 26.3. The number of hydrogen-bond acceptors (Lipinski definition) is 4. The van der Waals surface area contributed by atoms with Gasteiger partial charge in [0.2, 0.25) is 11.8 Å². The average Bonchev–Trinajstić information content (AvgIpc) is 2.80. The summed E-state index contributed by atoms with van der Waals surface area (Å²) in [5, 5.41) is 3.34. The minimum absolute atomic E-state index is 0.00929. The second-order valence-electron chi connectivity index (χ2n) is 7.86. The molecule has 1 N–H and O–H groups in total. The fourth-order valence-corrected chi connectivity index (χ4v) is 4.75. The molecule has 2 rings (SSSR count). The Balaban J connectivity index is 2.50. The standard InChI is InChI=1S/C23H29Cl2FN4O4S/c1-5-21(23(32)27-6-2)29(14-16-7-12-19(24)20(25)13-16)22(31)15-30(35(33,34)28(3)4)18-10-8-17(26)9-11-18/h7-13,21H,5-6,14-15H2,1-4H3,(H,27,32)/t21-/m1/s1. The molecule has 35 heavy (non-hydrogen) atoms. The lowest BCUT2D eigenvalue weighted by Crippen LogP contribution is -2.53. The van der Waals surface area contributed by atoms with Gasteiger partial charge in [-0.3, -0.25) is 9.59 Å². The van der Waals surface area contributed by atoms with E-state index in [2.05, 4.69) is 5.32 Å². The van der Waals surface area contributed by atoms with Crippen LogP contribution in [0.4, 0.5) is 10.1 Å². The predicted octanol–water partition coefficient (Wildman–Crippen LogP) is 3.69. The number of likely N-dealkylation sites (N-methyl/N-ethyl adjacent to an activating group) is 1. The Labute approximate surface area is 215 Å². The Kier molecular flexibility index (Phi) is 10.3. The highest BCUT2D eigenvalue weighted by molar-refractivity contribution is 7.90. The summed E-state index contributed by atoms with van der Waals surface area (Å²) in [6.45, 7) is 3.26. The van der Waals surface area contributed by atoms with Crippen molar-refractivity contribution in [3.8, 4) is 0 Å². The topological polar surface area (TPSA) is 90.0 Å². The maximum atomic E-state index is 13.6. The van der Waals surface area contributed by atoms with Gasteiger partial charge >= 0.3 is 10.2 Å². The van der Waals surface area contributed by atoms with E-state index in [1.807, 2.05) is 0 Å². The Bertz CT molecular complexity index is 1150. The van der Waals surface area contributed by atoms with Gasteiger partial charge in [0, 0.05) is 27.2 Å². The van der Waals surface area contributed by atoms with Crippen LogP contribution in [0.5, 0.6) is 0 Å². The molecule has 8 nitrogen and oxygen atoms in total. The molecule has 0 aliphatic rings. The minimum Gasteiger partial charge on any atom is -0.355 e. The highest BCUT2D eigenvalue weighted by atomic mass is 35.5. The van der Waals surface area contributed by atoms with Crippen LogP contribution >= 0.6 is 23.2 Å². The van der Waals surface area contributed by atoms with Crippen molar-refractivity contribution >= 4 is 50.9 Å². The molecule has 1 atom stereocenters. The largest absolute Gasteiger partial charge is 0.355 e. The molecule has 0 saturated carbocycles. The Morgan fingerprint density at radius 2 is 1.66 bits per heavy atom. The van der Waals surface area contributed by atoms with Crippen LogP contribution < -0.4 is 9.62 Å². The summed E-state index contributed by atoms with van der Waals surface area (Å²) >= 11 is 12.1. The summed E-state index contributed by atoms with van der Waals surface area (Å²) in [6.07, 6.45) is 0.288. The average molecular weight is 547 g/mol. The number of rotatable bonds is 11. The molecule has 0 fully saturated rings. The van der Waals surface area contributed by atoms with Crippen LogP contribution in [0.3, 0.4) is 0 Å². The smallest absolute Gasteiger partial charge is 0.304 e. The van der Waals surface area contributed by atoms with Gasteiger partial charge in [0.1, 0.15) is 18.4 Å². The van der Waals surface area contributed by atoms with Crippen molar-refractivity contribution in [2.24, 2.45) is 0 Å². The number of halogens is 3. The van der Waals surface area contributed by atoms with Gasteiger partial charge in [-0.25, -0.2) is 8.70 Å². The lowest BCUT2D eigenvalue weighted by Gasteiger charge is -2.33. The molecule has 0 aliphatic carbocycles. The van der Waals surface area contributed by atoms with Crippen LogP contribution in [-0.2, 0) is 26.3 Å². The first-order chi connectivity index (χ1) is 16.4. The molecule has 0 unspecified atom stereocenters. The van der Waals surface area contributed by atoms with Crippen LogP contribution in [0.2, 0.25) is 10.0 Å². The van der Waals surface area contributed by atoms with E-state index < -0.39 is 34.5 Å². The number of amides is 2. The molecule has 2 aromatic carbocycles. The van der Waals surface area contributed by atoms with E-state index >= 15 is 0 Å². The highest BCUT2D eigenvalue weighted by Gasteiger charge is 2.33. The van der Waals surface area contributed by atoms with Crippen molar-refractivity contribution in [2.45, 2.75) is 32.9 Å². The SMILES string of the molecule is CCNC(=O)[C@@H](CC)N(Cc1ccc(Cl)c(Cl)c1)C(=O)CN(c1ccc(F)cc1)S(=O)(=O)N(C)C. The molecule has 0 heterocycles. The molecule has 0 aliphatic heterocycles. The van der Waals surface area contributed by atoms with Gasteiger partial charge in [-0.05, 0) is 55.3 Å². The molecule has 12 heteroatoms. The van der Waals surface area contributed by atoms with E-state index in [-0.39, 0.29) is 29.6 Å². The van der Waals surface area contributed by atoms with Crippen molar-refractivity contribution < 1.29 is 22.4 Å². The third kappa shape index (κ3) is 7.30. The van der Waals surface area contributed by atoms with Crippen molar-refractivity contribution in [1.29, 1.82) is 0 Å². The summed E-state index contributed by atoms with van der Waals surface area (Å²) < 4.78 is 41.5. The van der Waals surface area contributed by atoms with E-state index in [1.165, 1.54) is 31.1 Å². The van der Waals surface area contributed by atoms with Gasteiger partial charge in [-0.2, -0.15) is 12.7 Å². The lowest BCUT2D eigenvalue weighted by atomic mass is 10.1. The van der Waals surface area contributed by atoms with Crippen LogP contribution in [0.15, 0.2) is 42.5 Å². The van der Waals surface area contributed by atoms with E-state index in [1.54, 1.807) is 32.0 Å². The number of benzene rings is 2. The number of anilines is 1. The molecule has 0 aromatic heterocycles. The molecule has 0 spiro atoms. The number of carbonyl (C=O) groups excluding carboxylic acids is 2. The van der Waals surface area contributed by atoms with Gasteiger partial charge in [-0.1, -0.05) is 36.2 Å². The number of nitrogens with one attached hydrogen (secondary N) is 1. The maximum absolute atomic E-state index is 13.6. The van der Waals surface area contributed by atoms with Gasteiger partial charge in [0.15, 0.2) is 0 Å². The third-order valence-corrected chi connectivity index (χ3v) is 7.77. The number of carbonyl (C=O) groups is 2. The van der Waals surface area contributed by atoms with E-state index in [9.17, 15) is 22.4 Å². The molecule has 0 saturated heterocycles. The molecular weight excluding hydrogens is 518 g/mol. The van der Waals surface area contributed by atoms with Crippen LogP contribution in [0.25, 0.3) is 0 Å². The van der Waals surface area contributed by atoms with E-state index in [0.29, 0.717) is 17.1 Å². The van der Waals surface area contributed by atoms with Crippen LogP contribution in [0, 0.1) is 5.82 Å². The Hall–Kier alpha value is -2.40. The number of nitrogens with zero attached hydrogens (tertiary/aromatic N) is 3.